The standard InChI is InChI=1S/C16H20BrN3S/c1-4-18-12-7-16(2,3)8-13-10(12)9-19-15(20-13)14-11(17)5-6-21-14/h5-6,9,12,18H,4,7-8H2,1-3H3. The van der Waals surface area contributed by atoms with Crippen LogP contribution >= 0.6 is 27.3 Å². The molecule has 21 heavy (non-hydrogen) atoms. The normalized spacial score (nSPS) is 20.3. The minimum Gasteiger partial charge on any atom is -0.310 e. The van der Waals surface area contributed by atoms with Gasteiger partial charge in [-0.2, -0.15) is 0 Å². The molecule has 0 radical (unpaired) electrons. The van der Waals surface area contributed by atoms with E-state index >= 15 is 0 Å². The van der Waals surface area contributed by atoms with Gasteiger partial charge in [-0.25, -0.2) is 9.97 Å². The van der Waals surface area contributed by atoms with Crippen molar-refractivity contribution in [2.45, 2.75) is 39.7 Å². The van der Waals surface area contributed by atoms with Crippen molar-refractivity contribution >= 4 is 27.3 Å². The highest BCUT2D eigenvalue weighted by Crippen LogP contribution is 2.41. The van der Waals surface area contributed by atoms with Gasteiger partial charge in [-0.1, -0.05) is 20.8 Å². The highest BCUT2D eigenvalue weighted by atomic mass is 79.9. The molecule has 0 saturated heterocycles. The maximum atomic E-state index is 4.87. The number of nitrogens with zero attached hydrogens (tertiary/aromatic N) is 2. The van der Waals surface area contributed by atoms with Gasteiger partial charge >= 0.3 is 0 Å². The van der Waals surface area contributed by atoms with E-state index in [9.17, 15) is 0 Å². The topological polar surface area (TPSA) is 37.8 Å². The number of halogens is 1. The van der Waals surface area contributed by atoms with Crippen LogP contribution in [-0.4, -0.2) is 16.5 Å². The van der Waals surface area contributed by atoms with E-state index in [2.05, 4.69) is 52.4 Å². The predicted molar refractivity (Wildman–Crippen MR) is 91.6 cm³/mol. The molecule has 1 atom stereocenters. The fourth-order valence-electron chi connectivity index (χ4n) is 3.04. The zero-order valence-electron chi connectivity index (χ0n) is 12.6. The van der Waals surface area contributed by atoms with Crippen molar-refractivity contribution in [3.05, 3.63) is 33.4 Å². The minimum absolute atomic E-state index is 0.276. The van der Waals surface area contributed by atoms with Gasteiger partial charge in [0.2, 0.25) is 0 Å². The molecule has 0 saturated carbocycles. The average molecular weight is 366 g/mol. The first kappa shape index (κ1) is 15.1. The molecule has 0 fully saturated rings. The Labute approximate surface area is 138 Å². The lowest BCUT2D eigenvalue weighted by atomic mass is 9.74. The van der Waals surface area contributed by atoms with E-state index in [0.29, 0.717) is 6.04 Å². The van der Waals surface area contributed by atoms with Gasteiger partial charge in [0.25, 0.3) is 0 Å². The first-order chi connectivity index (χ1) is 10.00. The van der Waals surface area contributed by atoms with E-state index in [1.807, 2.05) is 12.3 Å². The molecule has 2 aromatic rings. The number of hydrogen-bond acceptors (Lipinski definition) is 4. The largest absolute Gasteiger partial charge is 0.310 e. The Hall–Kier alpha value is -0.780. The first-order valence-corrected chi connectivity index (χ1v) is 9.00. The highest BCUT2D eigenvalue weighted by Gasteiger charge is 2.33. The van der Waals surface area contributed by atoms with Crippen LogP contribution in [0.5, 0.6) is 0 Å². The Morgan fingerprint density at radius 3 is 2.95 bits per heavy atom. The Balaban J connectivity index is 2.03. The second-order valence-electron chi connectivity index (χ2n) is 6.35. The van der Waals surface area contributed by atoms with Gasteiger partial charge in [-0.3, -0.25) is 0 Å². The third kappa shape index (κ3) is 3.05. The summed E-state index contributed by atoms with van der Waals surface area (Å²) in [6.45, 7) is 7.77. The number of hydrogen-bond donors (Lipinski definition) is 1. The van der Waals surface area contributed by atoms with Crippen molar-refractivity contribution in [2.24, 2.45) is 5.41 Å². The summed E-state index contributed by atoms with van der Waals surface area (Å²) in [5.74, 6) is 0.837. The molecular weight excluding hydrogens is 346 g/mol. The van der Waals surface area contributed by atoms with Crippen LogP contribution in [0.3, 0.4) is 0 Å². The number of nitrogens with one attached hydrogen (secondary N) is 1. The molecule has 2 heterocycles. The van der Waals surface area contributed by atoms with Crippen LogP contribution in [0.25, 0.3) is 10.7 Å². The summed E-state index contributed by atoms with van der Waals surface area (Å²) in [6, 6.07) is 2.42. The lowest BCUT2D eigenvalue weighted by Gasteiger charge is -2.36. The number of aromatic nitrogens is 2. The Morgan fingerprint density at radius 1 is 1.48 bits per heavy atom. The summed E-state index contributed by atoms with van der Waals surface area (Å²) in [6.07, 6.45) is 4.17. The molecule has 0 aromatic carbocycles. The molecule has 1 aliphatic rings. The van der Waals surface area contributed by atoms with E-state index in [4.69, 9.17) is 4.98 Å². The molecule has 0 amide bonds. The van der Waals surface area contributed by atoms with Crippen LogP contribution in [0.1, 0.15) is 44.5 Å². The van der Waals surface area contributed by atoms with Gasteiger partial charge in [0.05, 0.1) is 4.88 Å². The fourth-order valence-corrected chi connectivity index (χ4v) is 4.53. The molecule has 1 N–H and O–H groups in total. The second kappa shape index (κ2) is 5.78. The lowest BCUT2D eigenvalue weighted by molar-refractivity contribution is 0.255. The van der Waals surface area contributed by atoms with Crippen molar-refractivity contribution in [3.63, 3.8) is 0 Å². The fraction of sp³-hybridized carbons (Fsp3) is 0.500. The van der Waals surface area contributed by atoms with Crippen LogP contribution in [0.4, 0.5) is 0 Å². The van der Waals surface area contributed by atoms with E-state index in [-0.39, 0.29) is 5.41 Å². The summed E-state index contributed by atoms with van der Waals surface area (Å²) >= 11 is 5.25. The van der Waals surface area contributed by atoms with E-state index in [1.54, 1.807) is 11.3 Å². The van der Waals surface area contributed by atoms with Crippen molar-refractivity contribution in [1.29, 1.82) is 0 Å². The summed E-state index contributed by atoms with van der Waals surface area (Å²) in [5.41, 5.74) is 2.74. The molecule has 112 valence electrons. The van der Waals surface area contributed by atoms with Crippen LogP contribution in [-0.2, 0) is 6.42 Å². The quantitative estimate of drug-likeness (QED) is 0.863. The Bertz CT molecular complexity index is 651. The third-order valence-corrected chi connectivity index (χ3v) is 5.78. The zero-order valence-corrected chi connectivity index (χ0v) is 15.0. The number of thiophene rings is 1. The van der Waals surface area contributed by atoms with Gasteiger partial charge in [0, 0.05) is 28.0 Å². The van der Waals surface area contributed by atoms with Gasteiger partial charge in [-0.15, -0.1) is 11.3 Å². The second-order valence-corrected chi connectivity index (χ2v) is 8.12. The summed E-state index contributed by atoms with van der Waals surface area (Å²) in [7, 11) is 0. The Morgan fingerprint density at radius 2 is 2.29 bits per heavy atom. The van der Waals surface area contributed by atoms with Crippen molar-refractivity contribution in [3.8, 4) is 10.7 Å². The smallest absolute Gasteiger partial charge is 0.170 e. The maximum absolute atomic E-state index is 4.87. The van der Waals surface area contributed by atoms with Crippen LogP contribution < -0.4 is 5.32 Å². The maximum Gasteiger partial charge on any atom is 0.170 e. The van der Waals surface area contributed by atoms with Crippen molar-refractivity contribution < 1.29 is 0 Å². The third-order valence-electron chi connectivity index (χ3n) is 3.95. The van der Waals surface area contributed by atoms with Gasteiger partial charge < -0.3 is 5.32 Å². The highest BCUT2D eigenvalue weighted by molar-refractivity contribution is 9.10. The monoisotopic (exact) mass is 365 g/mol. The van der Waals surface area contributed by atoms with Gasteiger partial charge in [0.15, 0.2) is 5.82 Å². The summed E-state index contributed by atoms with van der Waals surface area (Å²) < 4.78 is 1.07. The van der Waals surface area contributed by atoms with Crippen molar-refractivity contribution in [2.75, 3.05) is 6.54 Å². The lowest BCUT2D eigenvalue weighted by Crippen LogP contribution is -2.34. The SMILES string of the molecule is CCNC1CC(C)(C)Cc2nc(-c3sccc3Br)ncc21. The molecule has 0 spiro atoms. The molecule has 0 bridgehead atoms. The molecule has 1 aliphatic carbocycles. The van der Waals surface area contributed by atoms with Crippen LogP contribution in [0.2, 0.25) is 0 Å². The molecule has 0 aliphatic heterocycles. The molecule has 1 unspecified atom stereocenters. The van der Waals surface area contributed by atoms with Crippen LogP contribution in [0, 0.1) is 5.41 Å². The molecular formula is C16H20BrN3S. The van der Waals surface area contributed by atoms with E-state index in [1.165, 1.54) is 11.3 Å². The van der Waals surface area contributed by atoms with E-state index < -0.39 is 0 Å². The van der Waals surface area contributed by atoms with Gasteiger partial charge in [-0.05, 0) is 52.2 Å². The molecule has 3 rings (SSSR count). The van der Waals surface area contributed by atoms with Crippen LogP contribution in [0.15, 0.2) is 22.1 Å². The number of rotatable bonds is 3. The molecule has 5 heteroatoms. The average Bonchev–Trinajstić information content (AvgIpc) is 2.83. The summed E-state index contributed by atoms with van der Waals surface area (Å²) in [5, 5.41) is 5.64. The molecule has 2 aromatic heterocycles. The first-order valence-electron chi connectivity index (χ1n) is 7.33. The summed E-state index contributed by atoms with van der Waals surface area (Å²) in [4.78, 5) is 10.6. The predicted octanol–water partition coefficient (Wildman–Crippen LogP) is 4.59. The van der Waals surface area contributed by atoms with Gasteiger partial charge in [0.1, 0.15) is 0 Å². The number of fused-ring (bicyclic) bond motifs is 1. The minimum atomic E-state index is 0.276. The molecule has 3 nitrogen and oxygen atoms in total. The Kier molecular flexibility index (Phi) is 4.17. The van der Waals surface area contributed by atoms with E-state index in [0.717, 1.165) is 34.6 Å². The van der Waals surface area contributed by atoms with Crippen molar-refractivity contribution in [1.82, 2.24) is 15.3 Å². The zero-order chi connectivity index (χ0) is 15.0.